The molecule has 0 atom stereocenters. The molecule has 1 fully saturated rings. The van der Waals surface area contributed by atoms with Gasteiger partial charge < -0.3 is 10.5 Å². The molecule has 0 aliphatic heterocycles. The zero-order valence-corrected chi connectivity index (χ0v) is 8.72. The number of nitrogens with two attached hydrogens (primary N) is 1. The van der Waals surface area contributed by atoms with E-state index < -0.39 is 0 Å². The second kappa shape index (κ2) is 3.96. The number of hydrogen-bond acceptors (Lipinski definition) is 2. The highest BCUT2D eigenvalue weighted by Gasteiger charge is 2.21. The van der Waals surface area contributed by atoms with Crippen molar-refractivity contribution in [3.63, 3.8) is 0 Å². The van der Waals surface area contributed by atoms with Crippen LogP contribution in [0.15, 0.2) is 24.3 Å². The molecule has 1 aliphatic rings. The maximum atomic E-state index is 5.61. The van der Waals surface area contributed by atoms with E-state index in [1.54, 1.807) is 0 Å². The van der Waals surface area contributed by atoms with Gasteiger partial charge in [-0.2, -0.15) is 0 Å². The van der Waals surface area contributed by atoms with Gasteiger partial charge in [0.15, 0.2) is 0 Å². The van der Waals surface area contributed by atoms with Gasteiger partial charge in [0.1, 0.15) is 10.7 Å². The molecule has 74 valence electrons. The Bertz CT molecular complexity index is 347. The van der Waals surface area contributed by atoms with Gasteiger partial charge in [-0.1, -0.05) is 24.4 Å². The van der Waals surface area contributed by atoms with E-state index in [4.69, 9.17) is 22.7 Å². The van der Waals surface area contributed by atoms with Crippen molar-refractivity contribution < 1.29 is 4.74 Å². The molecule has 2 N–H and O–H groups in total. The molecule has 0 unspecified atom stereocenters. The number of benzene rings is 1. The first-order valence-corrected chi connectivity index (χ1v) is 5.19. The lowest BCUT2D eigenvalue weighted by Gasteiger charge is -2.06. The van der Waals surface area contributed by atoms with Crippen molar-refractivity contribution in [2.75, 3.05) is 6.61 Å². The lowest BCUT2D eigenvalue weighted by atomic mass is 10.2. The molecule has 1 aliphatic carbocycles. The summed E-state index contributed by atoms with van der Waals surface area (Å²) in [6.45, 7) is 0.820. The molecule has 3 heteroatoms. The lowest BCUT2D eigenvalue weighted by Crippen LogP contribution is -2.09. The highest BCUT2D eigenvalue weighted by molar-refractivity contribution is 7.80. The quantitative estimate of drug-likeness (QED) is 0.768. The van der Waals surface area contributed by atoms with Crippen molar-refractivity contribution in [1.82, 2.24) is 0 Å². The second-order valence-corrected chi connectivity index (χ2v) is 4.09. The Labute approximate surface area is 89.1 Å². The van der Waals surface area contributed by atoms with Crippen LogP contribution in [-0.2, 0) is 0 Å². The van der Waals surface area contributed by atoms with Gasteiger partial charge in [0, 0.05) is 5.56 Å². The Kier molecular flexibility index (Phi) is 2.68. The molecule has 0 bridgehead atoms. The van der Waals surface area contributed by atoms with E-state index >= 15 is 0 Å². The van der Waals surface area contributed by atoms with Gasteiger partial charge in [-0.25, -0.2) is 0 Å². The summed E-state index contributed by atoms with van der Waals surface area (Å²) < 4.78 is 5.61. The van der Waals surface area contributed by atoms with Crippen LogP contribution in [0.4, 0.5) is 0 Å². The maximum Gasteiger partial charge on any atom is 0.120 e. The smallest absolute Gasteiger partial charge is 0.120 e. The number of rotatable bonds is 4. The van der Waals surface area contributed by atoms with Crippen LogP contribution in [0.1, 0.15) is 18.4 Å². The van der Waals surface area contributed by atoms with E-state index in [2.05, 4.69) is 0 Å². The van der Waals surface area contributed by atoms with E-state index in [0.29, 0.717) is 4.99 Å². The maximum absolute atomic E-state index is 5.61. The van der Waals surface area contributed by atoms with E-state index in [1.807, 2.05) is 24.3 Å². The minimum absolute atomic E-state index is 0.418. The third-order valence-electron chi connectivity index (χ3n) is 2.30. The summed E-state index contributed by atoms with van der Waals surface area (Å²) in [5.41, 5.74) is 6.40. The summed E-state index contributed by atoms with van der Waals surface area (Å²) in [6, 6.07) is 7.64. The standard InChI is InChI=1S/C11H13NOS/c12-11(14)9-2-1-3-10(6-9)13-7-8-4-5-8/h1-3,6,8H,4-5,7H2,(H2,12,14). The molecule has 1 saturated carbocycles. The third-order valence-corrected chi connectivity index (χ3v) is 2.54. The van der Waals surface area contributed by atoms with Gasteiger partial charge in [0.05, 0.1) is 6.61 Å². The minimum Gasteiger partial charge on any atom is -0.493 e. The molecule has 2 nitrogen and oxygen atoms in total. The van der Waals surface area contributed by atoms with Crippen LogP contribution in [-0.4, -0.2) is 11.6 Å². The normalized spacial score (nSPS) is 15.1. The van der Waals surface area contributed by atoms with Crippen LogP contribution >= 0.6 is 12.2 Å². The second-order valence-electron chi connectivity index (χ2n) is 3.65. The minimum atomic E-state index is 0.418. The molecule has 0 aromatic heterocycles. The first kappa shape index (κ1) is 9.46. The summed E-state index contributed by atoms with van der Waals surface area (Å²) in [4.78, 5) is 0.418. The van der Waals surface area contributed by atoms with Crippen LogP contribution in [0.3, 0.4) is 0 Å². The van der Waals surface area contributed by atoms with Crippen molar-refractivity contribution >= 4 is 17.2 Å². The lowest BCUT2D eigenvalue weighted by molar-refractivity contribution is 0.300. The largest absolute Gasteiger partial charge is 0.493 e. The number of thiocarbonyl (C=S) groups is 1. The molecular weight excluding hydrogens is 194 g/mol. The molecule has 2 rings (SSSR count). The van der Waals surface area contributed by atoms with E-state index in [1.165, 1.54) is 12.8 Å². The zero-order chi connectivity index (χ0) is 9.97. The van der Waals surface area contributed by atoms with Crippen LogP contribution < -0.4 is 10.5 Å². The fourth-order valence-corrected chi connectivity index (χ4v) is 1.36. The van der Waals surface area contributed by atoms with Crippen molar-refractivity contribution in [2.24, 2.45) is 11.7 Å². The summed E-state index contributed by atoms with van der Waals surface area (Å²) in [5, 5.41) is 0. The summed E-state index contributed by atoms with van der Waals surface area (Å²) in [7, 11) is 0. The first-order chi connectivity index (χ1) is 6.75. The van der Waals surface area contributed by atoms with Crippen molar-refractivity contribution in [2.45, 2.75) is 12.8 Å². The fourth-order valence-electron chi connectivity index (χ4n) is 1.24. The summed E-state index contributed by atoms with van der Waals surface area (Å²) in [5.74, 6) is 1.63. The van der Waals surface area contributed by atoms with Gasteiger partial charge in [-0.3, -0.25) is 0 Å². The van der Waals surface area contributed by atoms with Gasteiger partial charge in [-0.05, 0) is 30.9 Å². The van der Waals surface area contributed by atoms with E-state index in [9.17, 15) is 0 Å². The van der Waals surface area contributed by atoms with Crippen molar-refractivity contribution in [3.8, 4) is 5.75 Å². The van der Waals surface area contributed by atoms with Crippen LogP contribution in [0.2, 0.25) is 0 Å². The first-order valence-electron chi connectivity index (χ1n) is 4.78. The Hall–Kier alpha value is -1.09. The highest BCUT2D eigenvalue weighted by atomic mass is 32.1. The van der Waals surface area contributed by atoms with Crippen molar-refractivity contribution in [3.05, 3.63) is 29.8 Å². The molecule has 0 amide bonds. The predicted molar refractivity (Wildman–Crippen MR) is 60.5 cm³/mol. The molecule has 0 spiro atoms. The summed E-state index contributed by atoms with van der Waals surface area (Å²) in [6.07, 6.45) is 2.60. The Morgan fingerprint density at radius 2 is 2.29 bits per heavy atom. The topological polar surface area (TPSA) is 35.2 Å². The molecule has 0 heterocycles. The number of hydrogen-bond donors (Lipinski definition) is 1. The highest BCUT2D eigenvalue weighted by Crippen LogP contribution is 2.29. The van der Waals surface area contributed by atoms with Crippen molar-refractivity contribution in [1.29, 1.82) is 0 Å². The van der Waals surface area contributed by atoms with Gasteiger partial charge in [0.25, 0.3) is 0 Å². The van der Waals surface area contributed by atoms with E-state index in [-0.39, 0.29) is 0 Å². The zero-order valence-electron chi connectivity index (χ0n) is 7.90. The molecule has 1 aromatic rings. The van der Waals surface area contributed by atoms with Gasteiger partial charge in [0.2, 0.25) is 0 Å². The molecule has 0 radical (unpaired) electrons. The van der Waals surface area contributed by atoms with Gasteiger partial charge >= 0.3 is 0 Å². The summed E-state index contributed by atoms with van der Waals surface area (Å²) >= 11 is 4.89. The van der Waals surface area contributed by atoms with E-state index in [0.717, 1.165) is 23.8 Å². The van der Waals surface area contributed by atoms with Gasteiger partial charge in [-0.15, -0.1) is 0 Å². The van der Waals surface area contributed by atoms with Crippen LogP contribution in [0, 0.1) is 5.92 Å². The SMILES string of the molecule is NC(=S)c1cccc(OCC2CC2)c1. The monoisotopic (exact) mass is 207 g/mol. The number of ether oxygens (including phenoxy) is 1. The molecular formula is C11H13NOS. The predicted octanol–water partition coefficient (Wildman–Crippen LogP) is 2.11. The Morgan fingerprint density at radius 1 is 1.50 bits per heavy atom. The Balaban J connectivity index is 2.01. The third kappa shape index (κ3) is 2.45. The molecule has 14 heavy (non-hydrogen) atoms. The molecule has 0 saturated heterocycles. The molecule has 1 aromatic carbocycles. The van der Waals surface area contributed by atoms with Crippen LogP contribution in [0.5, 0.6) is 5.75 Å². The average molecular weight is 207 g/mol. The Morgan fingerprint density at radius 3 is 2.93 bits per heavy atom. The average Bonchev–Trinajstić information content (AvgIpc) is 2.99. The van der Waals surface area contributed by atoms with Crippen LogP contribution in [0.25, 0.3) is 0 Å². The fraction of sp³-hybridized carbons (Fsp3) is 0.364.